The molecule has 0 unspecified atom stereocenters. The predicted molar refractivity (Wildman–Crippen MR) is 174 cm³/mol. The van der Waals surface area contributed by atoms with E-state index in [4.69, 9.17) is 11.6 Å². The number of halogens is 2. The molecule has 0 spiro atoms. The first kappa shape index (κ1) is 31.8. The van der Waals surface area contributed by atoms with E-state index in [1.165, 1.54) is 64.5 Å². The summed E-state index contributed by atoms with van der Waals surface area (Å²) in [5, 5.41) is 26.5. The number of nitrogens with one attached hydrogen (secondary N) is 2. The summed E-state index contributed by atoms with van der Waals surface area (Å²) >= 11 is 6.10. The number of carboxylic acid groups (broad SMARTS) is 1. The summed E-state index contributed by atoms with van der Waals surface area (Å²) in [6.45, 7) is 7.03. The lowest BCUT2D eigenvalue weighted by molar-refractivity contribution is -0.142. The first-order chi connectivity index (χ1) is 22.5. The van der Waals surface area contributed by atoms with Gasteiger partial charge in [0.2, 0.25) is 5.91 Å². The molecule has 47 heavy (non-hydrogen) atoms. The molecule has 6 rings (SSSR count). The van der Waals surface area contributed by atoms with Gasteiger partial charge in [-0.1, -0.05) is 23.7 Å². The van der Waals surface area contributed by atoms with Gasteiger partial charge in [0.25, 0.3) is 5.91 Å². The SMILES string of the molecule is CC1(C)Cc2c(cccc2N2CCNCC2)[C@H](C(=O)Nc2ccc(C(=O)O)cc2)N1C(=O)/C=C/c1c(-n2cnnn2)ccc(Cl)c1F. The number of nitrogens with zero attached hydrogens (tertiary/aromatic N) is 6. The smallest absolute Gasteiger partial charge is 0.335 e. The van der Waals surface area contributed by atoms with Crippen molar-refractivity contribution in [2.24, 2.45) is 0 Å². The maximum Gasteiger partial charge on any atom is 0.335 e. The summed E-state index contributed by atoms with van der Waals surface area (Å²) in [6, 6.07) is 13.4. The van der Waals surface area contributed by atoms with Gasteiger partial charge in [0, 0.05) is 54.7 Å². The van der Waals surface area contributed by atoms with E-state index in [1.807, 2.05) is 32.0 Å². The molecule has 242 valence electrons. The number of aromatic nitrogens is 4. The highest BCUT2D eigenvalue weighted by molar-refractivity contribution is 6.31. The van der Waals surface area contributed by atoms with Crippen LogP contribution in [0.5, 0.6) is 0 Å². The molecule has 0 saturated carbocycles. The van der Waals surface area contributed by atoms with Crippen molar-refractivity contribution >= 4 is 46.8 Å². The van der Waals surface area contributed by atoms with E-state index < -0.39 is 35.2 Å². The fourth-order valence-electron chi connectivity index (χ4n) is 6.26. The Balaban J connectivity index is 1.42. The van der Waals surface area contributed by atoms with Crippen molar-refractivity contribution in [2.45, 2.75) is 31.8 Å². The maximum absolute atomic E-state index is 15.3. The second kappa shape index (κ2) is 12.9. The van der Waals surface area contributed by atoms with Crippen molar-refractivity contribution < 1.29 is 23.9 Å². The van der Waals surface area contributed by atoms with Crippen LogP contribution in [0, 0.1) is 5.82 Å². The normalized spacial score (nSPS) is 17.4. The van der Waals surface area contributed by atoms with E-state index in [0.717, 1.165) is 37.4 Å². The third kappa shape index (κ3) is 6.31. The molecule has 14 heteroatoms. The Bertz CT molecular complexity index is 1860. The number of carbonyl (C=O) groups is 3. The number of fused-ring (bicyclic) bond motifs is 1. The van der Waals surface area contributed by atoms with Crippen molar-refractivity contribution in [1.82, 2.24) is 30.4 Å². The van der Waals surface area contributed by atoms with Crippen molar-refractivity contribution in [3.63, 3.8) is 0 Å². The Morgan fingerprint density at radius 2 is 1.81 bits per heavy atom. The van der Waals surface area contributed by atoms with Gasteiger partial charge < -0.3 is 25.5 Å². The molecular weight excluding hydrogens is 627 g/mol. The maximum atomic E-state index is 15.3. The highest BCUT2D eigenvalue weighted by atomic mass is 35.5. The van der Waals surface area contributed by atoms with Gasteiger partial charge in [0.15, 0.2) is 5.82 Å². The minimum atomic E-state index is -1.09. The fourth-order valence-corrected chi connectivity index (χ4v) is 6.43. The molecule has 4 aromatic rings. The summed E-state index contributed by atoms with van der Waals surface area (Å²) in [7, 11) is 0. The number of benzene rings is 3. The van der Waals surface area contributed by atoms with Crippen LogP contribution in [0.1, 0.15) is 46.9 Å². The van der Waals surface area contributed by atoms with E-state index >= 15 is 4.39 Å². The van der Waals surface area contributed by atoms with Crippen LogP contribution in [0.15, 0.2) is 67.0 Å². The Kier molecular flexibility index (Phi) is 8.76. The Hall–Kier alpha value is -5.14. The monoisotopic (exact) mass is 658 g/mol. The molecule has 12 nitrogen and oxygen atoms in total. The van der Waals surface area contributed by atoms with Crippen LogP contribution in [0.2, 0.25) is 5.02 Å². The van der Waals surface area contributed by atoms with E-state index in [0.29, 0.717) is 17.7 Å². The zero-order valence-electron chi connectivity index (χ0n) is 25.7. The van der Waals surface area contributed by atoms with Gasteiger partial charge in [-0.2, -0.15) is 4.68 Å². The topological polar surface area (TPSA) is 146 Å². The molecule has 0 bridgehead atoms. The zero-order valence-corrected chi connectivity index (χ0v) is 26.4. The van der Waals surface area contributed by atoms with Crippen molar-refractivity contribution in [2.75, 3.05) is 36.4 Å². The number of tetrazole rings is 1. The lowest BCUT2D eigenvalue weighted by atomic mass is 9.79. The van der Waals surface area contributed by atoms with Crippen LogP contribution < -0.4 is 15.5 Å². The van der Waals surface area contributed by atoms with E-state index in [9.17, 15) is 19.5 Å². The molecule has 0 aliphatic carbocycles. The van der Waals surface area contributed by atoms with Gasteiger partial charge in [-0.25, -0.2) is 9.18 Å². The van der Waals surface area contributed by atoms with Crippen LogP contribution >= 0.6 is 11.6 Å². The summed E-state index contributed by atoms with van der Waals surface area (Å²) in [6.07, 6.45) is 4.28. The molecule has 1 atom stereocenters. The highest BCUT2D eigenvalue weighted by Gasteiger charge is 2.46. The van der Waals surface area contributed by atoms with Crippen LogP contribution in [-0.4, -0.2) is 79.7 Å². The average Bonchev–Trinajstić information content (AvgIpc) is 3.59. The molecule has 3 N–H and O–H groups in total. The number of aromatic carboxylic acids is 1. The number of carbonyl (C=O) groups excluding carboxylic acids is 2. The summed E-state index contributed by atoms with van der Waals surface area (Å²) < 4.78 is 16.6. The third-order valence-corrected chi connectivity index (χ3v) is 8.73. The van der Waals surface area contributed by atoms with Crippen LogP contribution in [-0.2, 0) is 16.0 Å². The second-order valence-corrected chi connectivity index (χ2v) is 12.3. The number of hydrogen-bond acceptors (Lipinski definition) is 8. The lowest BCUT2D eigenvalue weighted by Gasteiger charge is -2.48. The molecule has 1 fully saturated rings. The molecule has 3 aromatic carbocycles. The number of hydrogen-bond donors (Lipinski definition) is 3. The highest BCUT2D eigenvalue weighted by Crippen LogP contribution is 2.43. The standard InChI is InChI=1S/C33H32ClFN8O4/c1-33(2)18-24-22(4-3-5-26(24)41-16-14-36-15-17-41)30(31(45)38-21-8-6-20(7-9-21)32(46)47)43(33)28(44)13-10-23-27(42-19-37-39-40-42)12-11-25(34)29(23)35/h3-13,19,30,36H,14-18H2,1-2H3,(H,38,45)(H,46,47)/b13-10+/t30-/m1/s1. The summed E-state index contributed by atoms with van der Waals surface area (Å²) in [5.41, 5.74) is 2.50. The Morgan fingerprint density at radius 3 is 2.49 bits per heavy atom. The minimum absolute atomic E-state index is 0.00567. The van der Waals surface area contributed by atoms with Crippen molar-refractivity contribution in [3.05, 3.63) is 100 Å². The number of amides is 2. The Labute approximate surface area is 274 Å². The van der Waals surface area contributed by atoms with Crippen molar-refractivity contribution in [3.8, 4) is 5.69 Å². The number of piperazine rings is 1. The number of carboxylic acids is 1. The first-order valence-corrected chi connectivity index (χ1v) is 15.4. The quantitative estimate of drug-likeness (QED) is 0.250. The predicted octanol–water partition coefficient (Wildman–Crippen LogP) is 4.12. The van der Waals surface area contributed by atoms with Gasteiger partial charge in [-0.15, -0.1) is 5.10 Å². The van der Waals surface area contributed by atoms with Gasteiger partial charge in [-0.05, 0) is 90.4 Å². The molecule has 2 amide bonds. The van der Waals surface area contributed by atoms with E-state index in [1.54, 1.807) is 0 Å². The summed E-state index contributed by atoms with van der Waals surface area (Å²) in [4.78, 5) is 43.7. The van der Waals surface area contributed by atoms with Gasteiger partial charge in [0.1, 0.15) is 12.4 Å². The van der Waals surface area contributed by atoms with Crippen molar-refractivity contribution in [1.29, 1.82) is 0 Å². The molecule has 3 heterocycles. The fraction of sp³-hybridized carbons (Fsp3) is 0.273. The van der Waals surface area contributed by atoms with Crippen LogP contribution in [0.3, 0.4) is 0 Å². The molecule has 1 saturated heterocycles. The zero-order chi connectivity index (χ0) is 33.3. The first-order valence-electron chi connectivity index (χ1n) is 15.0. The Morgan fingerprint density at radius 1 is 1.06 bits per heavy atom. The van der Waals surface area contributed by atoms with Gasteiger partial charge in [-0.3, -0.25) is 9.59 Å². The van der Waals surface area contributed by atoms with Crippen LogP contribution in [0.4, 0.5) is 15.8 Å². The van der Waals surface area contributed by atoms with Crippen LogP contribution in [0.25, 0.3) is 11.8 Å². The molecule has 0 radical (unpaired) electrons. The average molecular weight is 659 g/mol. The largest absolute Gasteiger partial charge is 0.478 e. The van der Waals surface area contributed by atoms with E-state index in [-0.39, 0.29) is 21.8 Å². The van der Waals surface area contributed by atoms with Gasteiger partial charge >= 0.3 is 5.97 Å². The van der Waals surface area contributed by atoms with Gasteiger partial charge in [0.05, 0.1) is 16.3 Å². The third-order valence-electron chi connectivity index (χ3n) is 8.44. The minimum Gasteiger partial charge on any atom is -0.478 e. The molecular formula is C33H32ClFN8O4. The lowest BCUT2D eigenvalue weighted by Crippen LogP contribution is -2.56. The molecule has 2 aliphatic heterocycles. The number of anilines is 2. The summed E-state index contributed by atoms with van der Waals surface area (Å²) in [5.74, 6) is -2.86. The molecule has 1 aromatic heterocycles. The second-order valence-electron chi connectivity index (χ2n) is 11.9. The molecule has 2 aliphatic rings. The number of rotatable bonds is 7. The van der Waals surface area contributed by atoms with E-state index in [2.05, 4.69) is 31.1 Å².